The van der Waals surface area contributed by atoms with Gasteiger partial charge < -0.3 is 5.32 Å². The number of rotatable bonds is 5. The molecule has 0 saturated heterocycles. The van der Waals surface area contributed by atoms with Gasteiger partial charge in [-0.3, -0.25) is 9.69 Å². The molecular weight excluding hydrogens is 296 g/mol. The fourth-order valence-electron chi connectivity index (χ4n) is 2.31. The summed E-state index contributed by atoms with van der Waals surface area (Å²) < 4.78 is 0. The number of hydrogen-bond acceptors (Lipinski definition) is 2. The number of nitrogens with one attached hydrogen (secondary N) is 1. The van der Waals surface area contributed by atoms with Crippen molar-refractivity contribution in [1.29, 1.82) is 0 Å². The van der Waals surface area contributed by atoms with E-state index in [0.717, 1.165) is 12.1 Å². The van der Waals surface area contributed by atoms with Gasteiger partial charge >= 0.3 is 0 Å². The maximum absolute atomic E-state index is 12.1. The van der Waals surface area contributed by atoms with Crippen LogP contribution in [0.2, 0.25) is 0 Å². The molecular formula is C21H24N2O. The third-order valence-electron chi connectivity index (χ3n) is 3.88. The van der Waals surface area contributed by atoms with Crippen LogP contribution in [-0.2, 0) is 6.54 Å². The molecule has 0 atom stereocenters. The topological polar surface area (TPSA) is 32.3 Å². The normalized spacial score (nSPS) is 10.2. The molecule has 2 aromatic rings. The van der Waals surface area contributed by atoms with Crippen LogP contribution in [0, 0.1) is 25.7 Å². The highest BCUT2D eigenvalue weighted by molar-refractivity contribution is 5.94. The van der Waals surface area contributed by atoms with Crippen molar-refractivity contribution in [3.8, 4) is 11.8 Å². The summed E-state index contributed by atoms with van der Waals surface area (Å²) in [5, 5.41) is 2.84. The van der Waals surface area contributed by atoms with Crippen LogP contribution in [0.25, 0.3) is 0 Å². The Labute approximate surface area is 144 Å². The summed E-state index contributed by atoms with van der Waals surface area (Å²) in [5.74, 6) is 6.02. The second-order valence-corrected chi connectivity index (χ2v) is 5.99. The van der Waals surface area contributed by atoms with Gasteiger partial charge in [0, 0.05) is 12.1 Å². The van der Waals surface area contributed by atoms with Crippen molar-refractivity contribution in [2.24, 2.45) is 0 Å². The lowest BCUT2D eigenvalue weighted by atomic mass is 10.1. The summed E-state index contributed by atoms with van der Waals surface area (Å²) in [6.07, 6.45) is 0. The molecule has 0 radical (unpaired) electrons. The Morgan fingerprint density at radius 3 is 2.50 bits per heavy atom. The van der Waals surface area contributed by atoms with E-state index in [1.165, 1.54) is 11.1 Å². The highest BCUT2D eigenvalue weighted by Crippen LogP contribution is 2.09. The Kier molecular flexibility index (Phi) is 6.60. The first-order valence-electron chi connectivity index (χ1n) is 8.10. The quantitative estimate of drug-likeness (QED) is 0.858. The first-order valence-corrected chi connectivity index (χ1v) is 8.10. The lowest BCUT2D eigenvalue weighted by Crippen LogP contribution is -2.24. The Morgan fingerprint density at radius 1 is 1.04 bits per heavy atom. The van der Waals surface area contributed by atoms with E-state index in [1.54, 1.807) is 0 Å². The Morgan fingerprint density at radius 2 is 1.79 bits per heavy atom. The zero-order valence-corrected chi connectivity index (χ0v) is 14.6. The summed E-state index contributed by atoms with van der Waals surface area (Å²) in [6.45, 7) is 5.95. The summed E-state index contributed by atoms with van der Waals surface area (Å²) in [5.41, 5.74) is 4.26. The van der Waals surface area contributed by atoms with Gasteiger partial charge in [0.2, 0.25) is 0 Å². The second-order valence-electron chi connectivity index (χ2n) is 5.99. The molecule has 0 spiro atoms. The summed E-state index contributed by atoms with van der Waals surface area (Å²) in [4.78, 5) is 14.2. The largest absolute Gasteiger partial charge is 0.341 e. The highest BCUT2D eigenvalue weighted by Gasteiger charge is 2.04. The molecule has 0 aliphatic carbocycles. The summed E-state index contributed by atoms with van der Waals surface area (Å²) >= 11 is 0. The van der Waals surface area contributed by atoms with E-state index in [-0.39, 0.29) is 5.91 Å². The van der Waals surface area contributed by atoms with Crippen LogP contribution in [0.4, 0.5) is 0 Å². The number of aryl methyl sites for hydroxylation is 2. The standard InChI is InChI=1S/C21H24N2O/c1-17-11-12-20(15-18(17)2)21(24)22-13-7-8-14-23(3)16-19-9-5-4-6-10-19/h4-6,9-12,15H,13-14,16H2,1-3H3,(H,22,24). The molecule has 0 bridgehead atoms. The van der Waals surface area contributed by atoms with Crippen LogP contribution in [-0.4, -0.2) is 30.9 Å². The maximum atomic E-state index is 12.1. The molecule has 1 N–H and O–H groups in total. The van der Waals surface area contributed by atoms with Crippen LogP contribution in [0.15, 0.2) is 48.5 Å². The molecule has 3 nitrogen and oxygen atoms in total. The van der Waals surface area contributed by atoms with Crippen molar-refractivity contribution in [1.82, 2.24) is 10.2 Å². The minimum atomic E-state index is -0.0787. The Bertz CT molecular complexity index is 741. The van der Waals surface area contributed by atoms with E-state index < -0.39 is 0 Å². The van der Waals surface area contributed by atoms with Gasteiger partial charge in [0.1, 0.15) is 0 Å². The average Bonchev–Trinajstić information content (AvgIpc) is 2.57. The van der Waals surface area contributed by atoms with E-state index in [1.807, 2.05) is 57.3 Å². The van der Waals surface area contributed by atoms with E-state index in [4.69, 9.17) is 0 Å². The molecule has 2 rings (SSSR count). The Balaban J connectivity index is 1.75. The lowest BCUT2D eigenvalue weighted by molar-refractivity contribution is 0.0958. The van der Waals surface area contributed by atoms with Crippen LogP contribution in [0.5, 0.6) is 0 Å². The first kappa shape index (κ1) is 17.8. The van der Waals surface area contributed by atoms with Gasteiger partial charge in [0.05, 0.1) is 13.1 Å². The second kappa shape index (κ2) is 8.90. The molecule has 0 aromatic heterocycles. The zero-order valence-electron chi connectivity index (χ0n) is 14.6. The number of nitrogens with zero attached hydrogens (tertiary/aromatic N) is 1. The number of carbonyl (C=O) groups excluding carboxylic acids is 1. The van der Waals surface area contributed by atoms with Crippen molar-refractivity contribution < 1.29 is 4.79 Å². The maximum Gasteiger partial charge on any atom is 0.252 e. The number of amides is 1. The van der Waals surface area contributed by atoms with Gasteiger partial charge in [-0.2, -0.15) is 0 Å². The zero-order chi connectivity index (χ0) is 17.4. The average molecular weight is 320 g/mol. The molecule has 124 valence electrons. The van der Waals surface area contributed by atoms with Crippen LogP contribution in [0.3, 0.4) is 0 Å². The van der Waals surface area contributed by atoms with E-state index in [0.29, 0.717) is 18.7 Å². The minimum absolute atomic E-state index is 0.0787. The SMILES string of the molecule is Cc1ccc(C(=O)NCC#CCN(C)Cc2ccccc2)cc1C. The van der Waals surface area contributed by atoms with Gasteiger partial charge in [0.25, 0.3) is 5.91 Å². The van der Waals surface area contributed by atoms with E-state index in [2.05, 4.69) is 34.2 Å². The molecule has 2 aromatic carbocycles. The van der Waals surface area contributed by atoms with Gasteiger partial charge in [-0.15, -0.1) is 0 Å². The lowest BCUT2D eigenvalue weighted by Gasteiger charge is -2.12. The molecule has 0 heterocycles. The molecule has 0 fully saturated rings. The monoisotopic (exact) mass is 320 g/mol. The van der Waals surface area contributed by atoms with Crippen LogP contribution >= 0.6 is 0 Å². The predicted molar refractivity (Wildman–Crippen MR) is 98.8 cm³/mol. The molecule has 1 amide bonds. The minimum Gasteiger partial charge on any atom is -0.341 e. The van der Waals surface area contributed by atoms with Crippen LogP contribution < -0.4 is 5.32 Å². The van der Waals surface area contributed by atoms with E-state index in [9.17, 15) is 4.79 Å². The summed E-state index contributed by atoms with van der Waals surface area (Å²) in [7, 11) is 2.04. The van der Waals surface area contributed by atoms with Crippen molar-refractivity contribution >= 4 is 5.91 Å². The van der Waals surface area contributed by atoms with E-state index >= 15 is 0 Å². The van der Waals surface area contributed by atoms with Crippen molar-refractivity contribution in [2.75, 3.05) is 20.1 Å². The van der Waals surface area contributed by atoms with Crippen molar-refractivity contribution in [3.05, 3.63) is 70.8 Å². The third-order valence-corrected chi connectivity index (χ3v) is 3.88. The fourth-order valence-corrected chi connectivity index (χ4v) is 2.31. The number of carbonyl (C=O) groups is 1. The number of benzene rings is 2. The van der Waals surface area contributed by atoms with Crippen LogP contribution in [0.1, 0.15) is 27.0 Å². The number of hydrogen-bond donors (Lipinski definition) is 1. The van der Waals surface area contributed by atoms with Gasteiger partial charge in [-0.05, 0) is 49.7 Å². The van der Waals surface area contributed by atoms with Gasteiger partial charge in [-0.25, -0.2) is 0 Å². The van der Waals surface area contributed by atoms with Crippen molar-refractivity contribution in [2.45, 2.75) is 20.4 Å². The predicted octanol–water partition coefficient (Wildman–Crippen LogP) is 3.17. The molecule has 0 unspecified atom stereocenters. The smallest absolute Gasteiger partial charge is 0.252 e. The van der Waals surface area contributed by atoms with Crippen molar-refractivity contribution in [3.63, 3.8) is 0 Å². The third kappa shape index (κ3) is 5.57. The van der Waals surface area contributed by atoms with Gasteiger partial charge in [0.15, 0.2) is 0 Å². The van der Waals surface area contributed by atoms with Gasteiger partial charge in [-0.1, -0.05) is 48.2 Å². The molecule has 24 heavy (non-hydrogen) atoms. The first-order chi connectivity index (χ1) is 11.6. The molecule has 0 aliphatic rings. The molecule has 0 saturated carbocycles. The Hall–Kier alpha value is -2.57. The molecule has 3 heteroatoms. The summed E-state index contributed by atoms with van der Waals surface area (Å²) in [6, 6.07) is 16.0. The molecule has 0 aliphatic heterocycles. The highest BCUT2D eigenvalue weighted by atomic mass is 16.1. The fraction of sp³-hybridized carbons (Fsp3) is 0.286.